The predicted molar refractivity (Wildman–Crippen MR) is 162 cm³/mol. The van der Waals surface area contributed by atoms with Crippen LogP contribution < -0.4 is 9.47 Å². The van der Waals surface area contributed by atoms with E-state index in [1.54, 1.807) is 26.1 Å². The third kappa shape index (κ3) is 11.5. The molecule has 8 nitrogen and oxygen atoms in total. The molecule has 0 saturated carbocycles. The molecule has 0 spiro atoms. The summed E-state index contributed by atoms with van der Waals surface area (Å²) in [6, 6.07) is 13.5. The van der Waals surface area contributed by atoms with Crippen molar-refractivity contribution in [1.82, 2.24) is 9.97 Å². The van der Waals surface area contributed by atoms with Gasteiger partial charge in [-0.3, -0.25) is 9.78 Å². The highest BCUT2D eigenvalue weighted by Crippen LogP contribution is 2.34. The van der Waals surface area contributed by atoms with Crippen molar-refractivity contribution in [2.24, 2.45) is 5.92 Å². The van der Waals surface area contributed by atoms with E-state index >= 15 is 0 Å². The number of aromatic nitrogens is 2. The summed E-state index contributed by atoms with van der Waals surface area (Å²) in [5.74, 6) is -0.0155. The third-order valence-electron chi connectivity index (χ3n) is 6.89. The first-order chi connectivity index (χ1) is 20.9. The number of aliphatic hydroxyl groups excluding tert-OH is 1. The number of pyridine rings is 2. The number of hydrogen-bond donors (Lipinski definition) is 1. The molecule has 0 bridgehead atoms. The second-order valence-corrected chi connectivity index (χ2v) is 11.7. The zero-order chi connectivity index (χ0) is 32.2. The first-order valence-corrected chi connectivity index (χ1v) is 15.0. The van der Waals surface area contributed by atoms with Crippen molar-refractivity contribution in [3.8, 4) is 11.6 Å². The van der Waals surface area contributed by atoms with Gasteiger partial charge in [-0.2, -0.15) is 13.2 Å². The van der Waals surface area contributed by atoms with Crippen LogP contribution in [0.2, 0.25) is 0 Å². The van der Waals surface area contributed by atoms with Crippen molar-refractivity contribution in [3.05, 3.63) is 82.2 Å². The Morgan fingerprint density at radius 3 is 2.27 bits per heavy atom. The highest BCUT2D eigenvalue weighted by atomic mass is 79.9. The second-order valence-electron chi connectivity index (χ2n) is 10.8. The van der Waals surface area contributed by atoms with Crippen molar-refractivity contribution < 1.29 is 42.0 Å². The van der Waals surface area contributed by atoms with Crippen LogP contribution in [0.1, 0.15) is 49.9 Å². The van der Waals surface area contributed by atoms with Gasteiger partial charge in [-0.05, 0) is 56.0 Å². The molecule has 12 heteroatoms. The molecule has 240 valence electrons. The summed E-state index contributed by atoms with van der Waals surface area (Å²) in [5.41, 5.74) is -0.405. The summed E-state index contributed by atoms with van der Waals surface area (Å²) in [4.78, 5) is 21.8. The van der Waals surface area contributed by atoms with Crippen molar-refractivity contribution in [2.75, 3.05) is 39.6 Å². The van der Waals surface area contributed by atoms with Crippen LogP contribution in [0, 0.1) is 5.92 Å². The number of halogens is 4. The number of alkyl halides is 3. The molecule has 2 heterocycles. The maximum atomic E-state index is 13.5. The molecule has 2 aromatic heterocycles. The van der Waals surface area contributed by atoms with E-state index in [0.717, 1.165) is 27.9 Å². The fraction of sp³-hybridized carbons (Fsp3) is 0.469. The Morgan fingerprint density at radius 2 is 1.64 bits per heavy atom. The van der Waals surface area contributed by atoms with E-state index in [-0.39, 0.29) is 43.1 Å². The SMILES string of the molecule is CC(CC(=O)C(C)(C)Oc1ccc(C(F)(F)F)cn1)C(Cc1ccc(Br)cc1)c1cc(OCCOCCOCCO)ccn1. The van der Waals surface area contributed by atoms with Crippen LogP contribution in [0.4, 0.5) is 13.2 Å². The number of ether oxygens (including phenoxy) is 4. The van der Waals surface area contributed by atoms with Gasteiger partial charge in [0, 0.05) is 47.0 Å². The number of hydrogen-bond acceptors (Lipinski definition) is 8. The van der Waals surface area contributed by atoms with Gasteiger partial charge in [0.25, 0.3) is 0 Å². The minimum Gasteiger partial charge on any atom is -0.491 e. The molecule has 2 unspecified atom stereocenters. The van der Waals surface area contributed by atoms with E-state index in [1.165, 1.54) is 0 Å². The average Bonchev–Trinajstić information content (AvgIpc) is 2.98. The largest absolute Gasteiger partial charge is 0.491 e. The molecule has 0 aliphatic rings. The normalized spacial score (nSPS) is 13.4. The van der Waals surface area contributed by atoms with E-state index in [2.05, 4.69) is 25.9 Å². The summed E-state index contributed by atoms with van der Waals surface area (Å²) in [6.07, 6.45) is -1.42. The summed E-state index contributed by atoms with van der Waals surface area (Å²) < 4.78 is 62.0. The Balaban J connectivity index is 1.69. The summed E-state index contributed by atoms with van der Waals surface area (Å²) in [7, 11) is 0. The molecule has 3 aromatic rings. The molecule has 0 radical (unpaired) electrons. The number of carbonyl (C=O) groups is 1. The topological polar surface area (TPSA) is 100 Å². The number of Topliss-reactive ketones (excluding diaryl/α,β-unsaturated/α-hetero) is 1. The van der Waals surface area contributed by atoms with Gasteiger partial charge in [0.2, 0.25) is 5.88 Å². The summed E-state index contributed by atoms with van der Waals surface area (Å²) in [5, 5.41) is 8.74. The third-order valence-corrected chi connectivity index (χ3v) is 7.42. The average molecular weight is 684 g/mol. The minimum atomic E-state index is -4.52. The Bertz CT molecular complexity index is 1310. The number of nitrogens with zero attached hydrogens (tertiary/aromatic N) is 2. The monoisotopic (exact) mass is 682 g/mol. The number of rotatable bonds is 18. The quantitative estimate of drug-likeness (QED) is 0.153. The molecular weight excluding hydrogens is 645 g/mol. The van der Waals surface area contributed by atoms with Gasteiger partial charge < -0.3 is 24.1 Å². The van der Waals surface area contributed by atoms with E-state index < -0.39 is 17.3 Å². The van der Waals surface area contributed by atoms with Crippen molar-refractivity contribution >= 4 is 21.7 Å². The van der Waals surface area contributed by atoms with Gasteiger partial charge in [0.15, 0.2) is 11.4 Å². The Labute approximate surface area is 264 Å². The molecule has 0 aliphatic carbocycles. The van der Waals surface area contributed by atoms with Crippen molar-refractivity contribution in [2.45, 2.75) is 51.3 Å². The van der Waals surface area contributed by atoms with Gasteiger partial charge in [-0.15, -0.1) is 0 Å². The maximum absolute atomic E-state index is 13.5. The fourth-order valence-corrected chi connectivity index (χ4v) is 4.67. The maximum Gasteiger partial charge on any atom is 0.417 e. The lowest BCUT2D eigenvalue weighted by molar-refractivity contribution is -0.138. The van der Waals surface area contributed by atoms with Gasteiger partial charge in [-0.1, -0.05) is 35.0 Å². The standard InChI is InChI=1S/C32H38BrF3N2O6/c1-22(18-29(40)31(2,3)44-30-9-6-24(21-38-30)32(34,35)36)27(19-23-4-7-25(33)8-5-23)28-20-26(10-11-37-28)43-17-16-42-15-14-41-13-12-39/h4-11,20-22,27,39H,12-19H2,1-3H3. The number of carbonyl (C=O) groups excluding carboxylic acids is 1. The Kier molecular flexibility index (Phi) is 13.6. The molecule has 0 saturated heterocycles. The van der Waals surface area contributed by atoms with Crippen LogP contribution in [0.3, 0.4) is 0 Å². The van der Waals surface area contributed by atoms with E-state index in [4.69, 9.17) is 24.1 Å². The first-order valence-electron chi connectivity index (χ1n) is 14.2. The number of ketones is 1. The summed E-state index contributed by atoms with van der Waals surface area (Å²) in [6.45, 7) is 6.82. The molecule has 2 atom stereocenters. The van der Waals surface area contributed by atoms with Gasteiger partial charge in [0.1, 0.15) is 12.4 Å². The van der Waals surface area contributed by atoms with E-state index in [9.17, 15) is 18.0 Å². The second kappa shape index (κ2) is 16.9. The molecule has 44 heavy (non-hydrogen) atoms. The fourth-order valence-electron chi connectivity index (χ4n) is 4.40. The summed E-state index contributed by atoms with van der Waals surface area (Å²) >= 11 is 3.47. The number of aliphatic hydroxyl groups is 1. The molecule has 0 aliphatic heterocycles. The zero-order valence-corrected chi connectivity index (χ0v) is 26.6. The Morgan fingerprint density at radius 1 is 0.955 bits per heavy atom. The van der Waals surface area contributed by atoms with Gasteiger partial charge in [-0.25, -0.2) is 4.98 Å². The van der Waals surface area contributed by atoms with Crippen molar-refractivity contribution in [3.63, 3.8) is 0 Å². The molecule has 1 N–H and O–H groups in total. The van der Waals surface area contributed by atoms with Crippen LogP contribution in [0.25, 0.3) is 0 Å². The van der Waals surface area contributed by atoms with Crippen LogP contribution in [-0.2, 0) is 26.9 Å². The molecule has 0 amide bonds. The lowest BCUT2D eigenvalue weighted by Crippen LogP contribution is -2.40. The Hall–Kier alpha value is -3.06. The minimum absolute atomic E-state index is 0.0329. The first kappa shape index (κ1) is 35.4. The highest BCUT2D eigenvalue weighted by molar-refractivity contribution is 9.10. The highest BCUT2D eigenvalue weighted by Gasteiger charge is 2.35. The molecule has 1 aromatic carbocycles. The van der Waals surface area contributed by atoms with Crippen LogP contribution >= 0.6 is 15.9 Å². The predicted octanol–water partition coefficient (Wildman–Crippen LogP) is 6.44. The van der Waals surface area contributed by atoms with Crippen LogP contribution in [0.15, 0.2) is 65.4 Å². The van der Waals surface area contributed by atoms with Gasteiger partial charge in [0.05, 0.1) is 38.6 Å². The van der Waals surface area contributed by atoms with Crippen LogP contribution in [0.5, 0.6) is 11.6 Å². The molecular formula is C32H38BrF3N2O6. The molecule has 0 fully saturated rings. The van der Waals surface area contributed by atoms with Gasteiger partial charge >= 0.3 is 6.18 Å². The van der Waals surface area contributed by atoms with Crippen LogP contribution in [-0.4, -0.2) is 66.1 Å². The lowest BCUT2D eigenvalue weighted by atomic mass is 9.80. The lowest BCUT2D eigenvalue weighted by Gasteiger charge is -2.29. The van der Waals surface area contributed by atoms with Crippen molar-refractivity contribution in [1.29, 1.82) is 0 Å². The van der Waals surface area contributed by atoms with E-state index in [1.807, 2.05) is 37.3 Å². The smallest absolute Gasteiger partial charge is 0.417 e. The number of benzene rings is 1. The van der Waals surface area contributed by atoms with E-state index in [0.29, 0.717) is 44.8 Å². The zero-order valence-electron chi connectivity index (χ0n) is 25.0. The molecule has 3 rings (SSSR count).